The molecule has 0 spiro atoms. The highest BCUT2D eigenvalue weighted by molar-refractivity contribution is 7.80. The lowest BCUT2D eigenvalue weighted by Crippen LogP contribution is -2.36. The van der Waals surface area contributed by atoms with Crippen LogP contribution in [0.2, 0.25) is 0 Å². The second-order valence-electron chi connectivity index (χ2n) is 7.03. The first-order valence-electron chi connectivity index (χ1n) is 10.6. The Morgan fingerprint density at radius 3 is 2.33 bits per heavy atom. The van der Waals surface area contributed by atoms with Crippen LogP contribution < -0.4 is 25.0 Å². The molecule has 1 heterocycles. The van der Waals surface area contributed by atoms with Crippen LogP contribution in [0.5, 0.6) is 11.5 Å². The van der Waals surface area contributed by atoms with E-state index < -0.39 is 10.8 Å². The van der Waals surface area contributed by atoms with Crippen molar-refractivity contribution >= 4 is 40.3 Å². The zero-order chi connectivity index (χ0) is 23.8. The molecule has 0 saturated carbocycles. The molecule has 10 nitrogen and oxygen atoms in total. The molecule has 0 radical (unpaired) electrons. The first kappa shape index (κ1) is 24.2. The van der Waals surface area contributed by atoms with Gasteiger partial charge < -0.3 is 24.4 Å². The normalized spacial score (nSPS) is 13.2. The molecule has 1 aliphatic rings. The van der Waals surface area contributed by atoms with Crippen molar-refractivity contribution < 1.29 is 23.9 Å². The van der Waals surface area contributed by atoms with E-state index in [-0.39, 0.29) is 10.8 Å². The summed E-state index contributed by atoms with van der Waals surface area (Å²) in [7, 11) is 0. The molecule has 2 N–H and O–H groups in total. The van der Waals surface area contributed by atoms with Crippen LogP contribution >= 0.6 is 12.2 Å². The predicted molar refractivity (Wildman–Crippen MR) is 129 cm³/mol. The van der Waals surface area contributed by atoms with Gasteiger partial charge >= 0.3 is 0 Å². The van der Waals surface area contributed by atoms with E-state index in [1.165, 1.54) is 6.07 Å². The lowest BCUT2D eigenvalue weighted by atomic mass is 10.2. The minimum absolute atomic E-state index is 0.00759. The summed E-state index contributed by atoms with van der Waals surface area (Å²) in [5.74, 6) is 0.540. The van der Waals surface area contributed by atoms with Crippen molar-refractivity contribution in [3.8, 4) is 11.5 Å². The van der Waals surface area contributed by atoms with E-state index in [1.807, 2.05) is 18.7 Å². The Balaban J connectivity index is 1.72. The molecule has 2 aromatic carbocycles. The molecule has 176 valence electrons. The van der Waals surface area contributed by atoms with Gasteiger partial charge in [-0.2, -0.15) is 0 Å². The van der Waals surface area contributed by atoms with Crippen LogP contribution in [0.3, 0.4) is 0 Å². The van der Waals surface area contributed by atoms with Gasteiger partial charge in [-0.1, -0.05) is 0 Å². The number of nitrogens with one attached hydrogen (secondary N) is 2. The highest BCUT2D eigenvalue weighted by Gasteiger charge is 2.22. The van der Waals surface area contributed by atoms with Gasteiger partial charge in [0.25, 0.3) is 11.6 Å². The monoisotopic (exact) mass is 474 g/mol. The van der Waals surface area contributed by atoms with E-state index in [0.29, 0.717) is 68.0 Å². The van der Waals surface area contributed by atoms with Gasteiger partial charge in [0.1, 0.15) is 17.2 Å². The zero-order valence-electron chi connectivity index (χ0n) is 18.5. The molecule has 0 bridgehead atoms. The summed E-state index contributed by atoms with van der Waals surface area (Å²) in [4.78, 5) is 25.8. The Morgan fingerprint density at radius 1 is 1.12 bits per heavy atom. The third-order valence-electron chi connectivity index (χ3n) is 4.77. The number of carbonyl (C=O) groups is 1. The van der Waals surface area contributed by atoms with Gasteiger partial charge in [-0.05, 0) is 50.3 Å². The van der Waals surface area contributed by atoms with Gasteiger partial charge in [-0.3, -0.25) is 20.2 Å². The fourth-order valence-corrected chi connectivity index (χ4v) is 3.57. The summed E-state index contributed by atoms with van der Waals surface area (Å²) in [6.07, 6.45) is 0. The number of rotatable bonds is 8. The topological polar surface area (TPSA) is 115 Å². The first-order chi connectivity index (χ1) is 15.9. The lowest BCUT2D eigenvalue weighted by molar-refractivity contribution is -0.384. The molecule has 0 aliphatic carbocycles. The quantitative estimate of drug-likeness (QED) is 0.338. The van der Waals surface area contributed by atoms with E-state index in [2.05, 4.69) is 10.6 Å². The fourth-order valence-electron chi connectivity index (χ4n) is 3.36. The number of anilines is 2. The Hall–Kier alpha value is -3.44. The SMILES string of the molecule is CCOc1cc(OCC)cc(C(=O)NC(=S)Nc2ccc(N3CCOCC3)c([N+](=O)[O-])c2)c1. The van der Waals surface area contributed by atoms with Crippen molar-refractivity contribution in [1.82, 2.24) is 5.32 Å². The molecule has 1 amide bonds. The van der Waals surface area contributed by atoms with Gasteiger partial charge in [0.15, 0.2) is 5.11 Å². The van der Waals surface area contributed by atoms with Crippen LogP contribution in [0.1, 0.15) is 24.2 Å². The number of benzene rings is 2. The van der Waals surface area contributed by atoms with E-state index in [9.17, 15) is 14.9 Å². The van der Waals surface area contributed by atoms with Crippen LogP contribution in [0.4, 0.5) is 17.1 Å². The second-order valence-corrected chi connectivity index (χ2v) is 7.44. The first-order valence-corrected chi connectivity index (χ1v) is 11.0. The molecule has 11 heteroatoms. The summed E-state index contributed by atoms with van der Waals surface area (Å²) in [5, 5.41) is 17.1. The fraction of sp³-hybridized carbons (Fsp3) is 0.364. The van der Waals surface area contributed by atoms with Crippen molar-refractivity contribution in [2.24, 2.45) is 0 Å². The van der Waals surface area contributed by atoms with Crippen molar-refractivity contribution in [1.29, 1.82) is 0 Å². The number of amides is 1. The summed E-state index contributed by atoms with van der Waals surface area (Å²) < 4.78 is 16.3. The number of nitro benzene ring substituents is 1. The Kier molecular flexibility index (Phi) is 8.39. The number of hydrogen-bond donors (Lipinski definition) is 2. The van der Waals surface area contributed by atoms with Crippen LogP contribution in [0, 0.1) is 10.1 Å². The minimum Gasteiger partial charge on any atom is -0.494 e. The van der Waals surface area contributed by atoms with E-state index in [1.54, 1.807) is 30.3 Å². The predicted octanol–water partition coefficient (Wildman–Crippen LogP) is 3.36. The van der Waals surface area contributed by atoms with Gasteiger partial charge in [0.05, 0.1) is 31.4 Å². The molecule has 0 unspecified atom stereocenters. The Morgan fingerprint density at radius 2 is 1.76 bits per heavy atom. The number of hydrogen-bond acceptors (Lipinski definition) is 8. The van der Waals surface area contributed by atoms with Crippen LogP contribution in [-0.4, -0.2) is 55.5 Å². The third kappa shape index (κ3) is 6.53. The molecule has 1 saturated heterocycles. The molecule has 0 aromatic heterocycles. The Bertz CT molecular complexity index is 1000. The summed E-state index contributed by atoms with van der Waals surface area (Å²) in [5.41, 5.74) is 1.16. The van der Waals surface area contributed by atoms with Crippen LogP contribution in [-0.2, 0) is 4.74 Å². The molecule has 3 rings (SSSR count). The smallest absolute Gasteiger partial charge is 0.294 e. The standard InChI is InChI=1S/C22H26N4O6S/c1-3-31-17-11-15(12-18(14-17)32-4-2)21(27)24-22(33)23-16-5-6-19(20(13-16)26(28)29)25-7-9-30-10-8-25/h5-6,11-14H,3-4,7-10H2,1-2H3,(H2,23,24,27,33). The number of nitro groups is 1. The Labute approximate surface area is 197 Å². The van der Waals surface area contributed by atoms with Crippen LogP contribution in [0.15, 0.2) is 36.4 Å². The summed E-state index contributed by atoms with van der Waals surface area (Å²) in [6.45, 7) is 6.75. The maximum atomic E-state index is 12.7. The molecular weight excluding hydrogens is 448 g/mol. The highest BCUT2D eigenvalue weighted by atomic mass is 32.1. The molecule has 1 aliphatic heterocycles. The van der Waals surface area contributed by atoms with Gasteiger partial charge in [-0.25, -0.2) is 0 Å². The van der Waals surface area contributed by atoms with Crippen molar-refractivity contribution in [2.45, 2.75) is 13.8 Å². The van der Waals surface area contributed by atoms with E-state index in [0.717, 1.165) is 0 Å². The maximum absolute atomic E-state index is 12.7. The van der Waals surface area contributed by atoms with Crippen molar-refractivity contribution in [3.05, 3.63) is 52.1 Å². The third-order valence-corrected chi connectivity index (χ3v) is 4.98. The lowest BCUT2D eigenvalue weighted by Gasteiger charge is -2.28. The number of morpholine rings is 1. The minimum atomic E-state index is -0.463. The van der Waals surface area contributed by atoms with Crippen molar-refractivity contribution in [2.75, 3.05) is 49.7 Å². The second kappa shape index (κ2) is 11.4. The zero-order valence-corrected chi connectivity index (χ0v) is 19.3. The number of thiocarbonyl (C=S) groups is 1. The molecule has 1 fully saturated rings. The van der Waals surface area contributed by atoms with Crippen LogP contribution in [0.25, 0.3) is 0 Å². The average molecular weight is 475 g/mol. The average Bonchev–Trinajstić information content (AvgIpc) is 2.79. The molecule has 2 aromatic rings. The van der Waals surface area contributed by atoms with Gasteiger partial charge in [0.2, 0.25) is 0 Å². The molecule has 0 atom stereocenters. The van der Waals surface area contributed by atoms with E-state index in [4.69, 9.17) is 26.4 Å². The van der Waals surface area contributed by atoms with Gasteiger partial charge in [-0.15, -0.1) is 0 Å². The molecular formula is C22H26N4O6S. The summed E-state index contributed by atoms with van der Waals surface area (Å²) in [6, 6.07) is 9.62. The number of nitrogens with zero attached hydrogens (tertiary/aromatic N) is 2. The van der Waals surface area contributed by atoms with E-state index >= 15 is 0 Å². The number of carbonyl (C=O) groups excluding carboxylic acids is 1. The largest absolute Gasteiger partial charge is 0.494 e. The molecule has 33 heavy (non-hydrogen) atoms. The maximum Gasteiger partial charge on any atom is 0.294 e. The number of ether oxygens (including phenoxy) is 3. The highest BCUT2D eigenvalue weighted by Crippen LogP contribution is 2.31. The van der Waals surface area contributed by atoms with Gasteiger partial charge in [0, 0.05) is 36.5 Å². The van der Waals surface area contributed by atoms with Crippen molar-refractivity contribution in [3.63, 3.8) is 0 Å². The summed E-state index contributed by atoms with van der Waals surface area (Å²) >= 11 is 5.24.